The second-order valence-corrected chi connectivity index (χ2v) is 6.10. The number of primary amides is 1. The Hall–Kier alpha value is -1.99. The first-order valence-corrected chi connectivity index (χ1v) is 8.53. The lowest BCUT2D eigenvalue weighted by atomic mass is 10.1. The summed E-state index contributed by atoms with van der Waals surface area (Å²) in [5, 5.41) is 3.32. The molecule has 6 nitrogen and oxygen atoms in total. The minimum Gasteiger partial charge on any atom is -0.390 e. The van der Waals surface area contributed by atoms with Gasteiger partial charge in [0.2, 0.25) is 11.8 Å². The van der Waals surface area contributed by atoms with Crippen molar-refractivity contribution >= 4 is 29.3 Å². The van der Waals surface area contributed by atoms with Crippen LogP contribution in [-0.2, 0) is 9.63 Å². The van der Waals surface area contributed by atoms with Crippen LogP contribution >= 0.6 is 11.8 Å². The molecule has 0 aromatic heterocycles. The number of hydrogen-bond acceptors (Lipinski definition) is 6. The minimum atomic E-state index is -0.130. The summed E-state index contributed by atoms with van der Waals surface area (Å²) in [6, 6.07) is 10.1. The molecule has 0 atom stereocenters. The van der Waals surface area contributed by atoms with Crippen LogP contribution in [0.15, 0.2) is 40.2 Å². The lowest BCUT2D eigenvalue weighted by Crippen LogP contribution is -2.13. The van der Waals surface area contributed by atoms with E-state index in [1.165, 1.54) is 0 Å². The molecule has 0 saturated heterocycles. The summed E-state index contributed by atoms with van der Waals surface area (Å²) in [5.74, 6) is 6.70. The van der Waals surface area contributed by atoms with Crippen molar-refractivity contribution in [3.8, 4) is 0 Å². The predicted octanol–water partition coefficient (Wildman–Crippen LogP) is 1.84. The Morgan fingerprint density at radius 1 is 1.39 bits per heavy atom. The van der Waals surface area contributed by atoms with Gasteiger partial charge in [0, 0.05) is 12.5 Å². The topological polar surface area (TPSA) is 103 Å². The zero-order valence-corrected chi connectivity index (χ0v) is 13.9. The monoisotopic (exact) mass is 334 g/mol. The third-order valence-electron chi connectivity index (χ3n) is 3.34. The van der Waals surface area contributed by atoms with Gasteiger partial charge in [-0.15, -0.1) is 0 Å². The van der Waals surface area contributed by atoms with Gasteiger partial charge >= 0.3 is 0 Å². The number of hydrogen-bond donors (Lipinski definition) is 3. The van der Waals surface area contributed by atoms with Crippen molar-refractivity contribution in [3.05, 3.63) is 40.8 Å². The van der Waals surface area contributed by atoms with Crippen LogP contribution < -0.4 is 16.9 Å². The Kier molecular flexibility index (Phi) is 6.49. The van der Waals surface area contributed by atoms with E-state index in [1.54, 1.807) is 11.8 Å². The molecule has 1 aromatic carbocycles. The third-order valence-corrected chi connectivity index (χ3v) is 4.30. The smallest absolute Gasteiger partial charge is 0.248 e. The molecule has 0 spiro atoms. The van der Waals surface area contributed by atoms with E-state index in [4.69, 9.17) is 16.5 Å². The number of benzene rings is 1. The van der Waals surface area contributed by atoms with E-state index in [0.29, 0.717) is 12.4 Å². The Labute approximate surface area is 140 Å². The van der Waals surface area contributed by atoms with Crippen LogP contribution in [0.1, 0.15) is 25.3 Å². The minimum absolute atomic E-state index is 0.130. The van der Waals surface area contributed by atoms with E-state index in [0.717, 1.165) is 34.9 Å². The molecule has 1 fully saturated rings. The molecule has 0 radical (unpaired) electrons. The van der Waals surface area contributed by atoms with E-state index < -0.39 is 0 Å². The third kappa shape index (κ3) is 5.01. The number of nitrogens with two attached hydrogens (primary N) is 2. The molecule has 1 aliphatic carbocycles. The molecule has 1 aromatic rings. The Balaban J connectivity index is 0.000000268. The maximum Gasteiger partial charge on any atom is 0.248 e. The zero-order chi connectivity index (χ0) is 16.7. The van der Waals surface area contributed by atoms with E-state index in [2.05, 4.69) is 10.3 Å². The molecule has 1 amide bonds. The number of thioether (sulfide) groups is 1. The van der Waals surface area contributed by atoms with Crippen molar-refractivity contribution in [2.24, 2.45) is 22.5 Å². The summed E-state index contributed by atoms with van der Waals surface area (Å²) in [5.41, 5.74) is 7.01. The number of rotatable bonds is 4. The van der Waals surface area contributed by atoms with E-state index in [-0.39, 0.29) is 11.8 Å². The molecule has 7 heteroatoms. The van der Waals surface area contributed by atoms with Crippen LogP contribution in [0, 0.1) is 5.92 Å². The van der Waals surface area contributed by atoms with Crippen molar-refractivity contribution in [1.29, 1.82) is 0 Å². The van der Waals surface area contributed by atoms with Gasteiger partial charge in [-0.05, 0) is 25.3 Å². The average molecular weight is 334 g/mol. The standard InChI is InChI=1S/C12H15N3OS.C4H7NO/c1-2-14-12(16-13)11-10(15-8-17-11)9-6-4-3-5-7-9;5-4(6)3-1-2-3/h3-7,15H,2,8,13H2,1H3;3H,1-2H2,(H2,5,6). The number of aliphatic imine (C=N–C) groups is 1. The summed E-state index contributed by atoms with van der Waals surface area (Å²) >= 11 is 1.65. The van der Waals surface area contributed by atoms with Crippen molar-refractivity contribution < 1.29 is 9.63 Å². The Morgan fingerprint density at radius 3 is 2.57 bits per heavy atom. The predicted molar refractivity (Wildman–Crippen MR) is 94.1 cm³/mol. The van der Waals surface area contributed by atoms with Crippen LogP contribution in [0.2, 0.25) is 0 Å². The molecule has 23 heavy (non-hydrogen) atoms. The van der Waals surface area contributed by atoms with Crippen LogP contribution in [0.25, 0.3) is 5.70 Å². The Morgan fingerprint density at radius 2 is 2.09 bits per heavy atom. The van der Waals surface area contributed by atoms with Gasteiger partial charge in [0.1, 0.15) is 0 Å². The van der Waals surface area contributed by atoms with E-state index >= 15 is 0 Å². The molecule has 0 unspecified atom stereocenters. The SMILES string of the molecule is CCN=C(ON)C1=C(c2ccccc2)NCS1.NC(=O)C1CC1. The van der Waals surface area contributed by atoms with Crippen molar-refractivity contribution in [2.75, 3.05) is 12.4 Å². The van der Waals surface area contributed by atoms with E-state index in [9.17, 15) is 4.79 Å². The fraction of sp³-hybridized carbons (Fsp3) is 0.375. The maximum atomic E-state index is 9.98. The highest BCUT2D eigenvalue weighted by Crippen LogP contribution is 2.31. The zero-order valence-electron chi connectivity index (χ0n) is 13.1. The highest BCUT2D eigenvalue weighted by atomic mass is 32.2. The molecule has 1 heterocycles. The second-order valence-electron chi connectivity index (χ2n) is 5.11. The van der Waals surface area contributed by atoms with Gasteiger partial charge in [0.25, 0.3) is 0 Å². The lowest BCUT2D eigenvalue weighted by Gasteiger charge is -2.07. The molecule has 0 bridgehead atoms. The molecule has 1 aliphatic heterocycles. The van der Waals surface area contributed by atoms with Gasteiger partial charge in [0.15, 0.2) is 0 Å². The van der Waals surface area contributed by atoms with Gasteiger partial charge in [0.05, 0.1) is 16.5 Å². The molecule has 1 saturated carbocycles. The summed E-state index contributed by atoms with van der Waals surface area (Å²) in [6.45, 7) is 2.60. The largest absolute Gasteiger partial charge is 0.390 e. The normalized spacial score (nSPS) is 17.2. The molecular formula is C16H22N4O2S. The molecular weight excluding hydrogens is 312 g/mol. The van der Waals surface area contributed by atoms with Crippen LogP contribution in [-0.4, -0.2) is 24.2 Å². The van der Waals surface area contributed by atoms with Crippen molar-refractivity contribution in [3.63, 3.8) is 0 Å². The van der Waals surface area contributed by atoms with E-state index in [1.807, 2.05) is 37.3 Å². The van der Waals surface area contributed by atoms with Gasteiger partial charge in [-0.1, -0.05) is 42.1 Å². The summed E-state index contributed by atoms with van der Waals surface area (Å²) < 4.78 is 0. The number of nitrogens with zero attached hydrogens (tertiary/aromatic N) is 1. The molecule has 124 valence electrons. The maximum absolute atomic E-state index is 9.98. The first kappa shape index (κ1) is 17.4. The van der Waals surface area contributed by atoms with Gasteiger partial charge in [-0.3, -0.25) is 4.79 Å². The van der Waals surface area contributed by atoms with Gasteiger partial charge < -0.3 is 15.9 Å². The summed E-state index contributed by atoms with van der Waals surface area (Å²) in [6.07, 6.45) is 2.05. The number of carbonyl (C=O) groups excluding carboxylic acids is 1. The molecule has 2 aliphatic rings. The summed E-state index contributed by atoms with van der Waals surface area (Å²) in [7, 11) is 0. The van der Waals surface area contributed by atoms with Crippen LogP contribution in [0.5, 0.6) is 0 Å². The molecule has 3 rings (SSSR count). The number of carbonyl (C=O) groups is 1. The highest BCUT2D eigenvalue weighted by molar-refractivity contribution is 8.04. The quantitative estimate of drug-likeness (QED) is 0.443. The van der Waals surface area contributed by atoms with Crippen LogP contribution in [0.4, 0.5) is 0 Å². The van der Waals surface area contributed by atoms with Gasteiger partial charge in [-0.2, -0.15) is 5.90 Å². The Bertz CT molecular complexity index is 597. The fourth-order valence-electron chi connectivity index (χ4n) is 2.01. The second kappa shape index (κ2) is 8.59. The average Bonchev–Trinajstić information content (AvgIpc) is 3.32. The first-order valence-electron chi connectivity index (χ1n) is 7.54. The lowest BCUT2D eigenvalue weighted by molar-refractivity contribution is -0.119. The number of amides is 1. The molecule has 5 N–H and O–H groups in total. The van der Waals surface area contributed by atoms with Crippen LogP contribution in [0.3, 0.4) is 0 Å². The van der Waals surface area contributed by atoms with Gasteiger partial charge in [-0.25, -0.2) is 4.99 Å². The first-order chi connectivity index (χ1) is 11.2. The summed E-state index contributed by atoms with van der Waals surface area (Å²) in [4.78, 5) is 20.1. The number of nitrogens with one attached hydrogen (secondary N) is 1. The highest BCUT2D eigenvalue weighted by Gasteiger charge is 2.26. The van der Waals surface area contributed by atoms with Crippen molar-refractivity contribution in [1.82, 2.24) is 5.32 Å². The van der Waals surface area contributed by atoms with Crippen molar-refractivity contribution in [2.45, 2.75) is 19.8 Å². The fourth-order valence-corrected chi connectivity index (χ4v) is 2.94.